The monoisotopic (exact) mass is 224 g/mol. The van der Waals surface area contributed by atoms with Crippen molar-refractivity contribution in [3.8, 4) is 0 Å². The molecule has 2 atom stereocenters. The molecule has 1 saturated heterocycles. The molecule has 0 radical (unpaired) electrons. The van der Waals surface area contributed by atoms with Gasteiger partial charge < -0.3 is 9.84 Å². The van der Waals surface area contributed by atoms with Gasteiger partial charge in [-0.1, -0.05) is 18.2 Å². The second kappa shape index (κ2) is 3.92. The van der Waals surface area contributed by atoms with E-state index < -0.39 is 29.8 Å². The fraction of sp³-hybridized carbons (Fsp3) is 0.273. The van der Waals surface area contributed by atoms with Crippen molar-refractivity contribution < 1.29 is 23.8 Å². The minimum atomic E-state index is -1.15. The molecule has 0 bridgehead atoms. The van der Waals surface area contributed by atoms with Gasteiger partial charge in [-0.3, -0.25) is 9.59 Å². The number of carboxylic acid groups (broad SMARTS) is 1. The number of aliphatic carboxylic acids is 1. The molecule has 2 unspecified atom stereocenters. The largest absolute Gasteiger partial charge is 0.481 e. The minimum Gasteiger partial charge on any atom is -0.481 e. The van der Waals surface area contributed by atoms with Crippen LogP contribution in [0.5, 0.6) is 0 Å². The van der Waals surface area contributed by atoms with Crippen LogP contribution in [0.4, 0.5) is 4.39 Å². The van der Waals surface area contributed by atoms with Gasteiger partial charge in [-0.25, -0.2) is 4.39 Å². The molecule has 1 aromatic carbocycles. The van der Waals surface area contributed by atoms with Gasteiger partial charge in [0.25, 0.3) is 0 Å². The Morgan fingerprint density at radius 2 is 2.12 bits per heavy atom. The Morgan fingerprint density at radius 1 is 1.44 bits per heavy atom. The van der Waals surface area contributed by atoms with Gasteiger partial charge in [0, 0.05) is 5.56 Å². The molecule has 1 N–H and O–H groups in total. The second-order valence-electron chi connectivity index (χ2n) is 3.58. The lowest BCUT2D eigenvalue weighted by atomic mass is 9.95. The normalized spacial score (nSPS) is 24.2. The van der Waals surface area contributed by atoms with Crippen molar-refractivity contribution in [3.63, 3.8) is 0 Å². The first-order valence-corrected chi connectivity index (χ1v) is 4.76. The highest BCUT2D eigenvalue weighted by molar-refractivity contribution is 5.82. The third-order valence-corrected chi connectivity index (χ3v) is 2.54. The van der Waals surface area contributed by atoms with E-state index >= 15 is 0 Å². The SMILES string of the molecule is O=C1CC(C(=O)O)C(c2ccccc2F)O1. The van der Waals surface area contributed by atoms with E-state index in [1.54, 1.807) is 6.07 Å². The number of benzene rings is 1. The Hall–Kier alpha value is -1.91. The fourth-order valence-corrected chi connectivity index (χ4v) is 1.76. The summed E-state index contributed by atoms with van der Waals surface area (Å²) in [4.78, 5) is 21.9. The van der Waals surface area contributed by atoms with E-state index in [0.29, 0.717) is 0 Å². The molecule has 0 saturated carbocycles. The first-order chi connectivity index (χ1) is 7.59. The van der Waals surface area contributed by atoms with E-state index in [1.165, 1.54) is 18.2 Å². The number of carbonyl (C=O) groups excluding carboxylic acids is 1. The Labute approximate surface area is 90.6 Å². The average molecular weight is 224 g/mol. The molecule has 1 aliphatic rings. The maximum absolute atomic E-state index is 13.4. The topological polar surface area (TPSA) is 63.6 Å². The first kappa shape index (κ1) is 10.6. The molecular weight excluding hydrogens is 215 g/mol. The lowest BCUT2D eigenvalue weighted by Gasteiger charge is -2.14. The molecule has 0 aliphatic carbocycles. The number of carboxylic acids is 1. The van der Waals surface area contributed by atoms with E-state index in [9.17, 15) is 14.0 Å². The summed E-state index contributed by atoms with van der Waals surface area (Å²) in [6.45, 7) is 0. The molecule has 1 fully saturated rings. The highest BCUT2D eigenvalue weighted by Gasteiger charge is 2.41. The van der Waals surface area contributed by atoms with Gasteiger partial charge in [0.2, 0.25) is 0 Å². The van der Waals surface area contributed by atoms with E-state index in [-0.39, 0.29) is 12.0 Å². The van der Waals surface area contributed by atoms with Crippen LogP contribution in [0.1, 0.15) is 18.1 Å². The van der Waals surface area contributed by atoms with Crippen molar-refractivity contribution in [2.45, 2.75) is 12.5 Å². The third-order valence-electron chi connectivity index (χ3n) is 2.54. The number of esters is 1. The van der Waals surface area contributed by atoms with Crippen molar-refractivity contribution in [2.24, 2.45) is 5.92 Å². The summed E-state index contributed by atoms with van der Waals surface area (Å²) in [6.07, 6.45) is -1.24. The van der Waals surface area contributed by atoms with Crippen molar-refractivity contribution in [1.82, 2.24) is 0 Å². The molecule has 1 heterocycles. The Bertz CT molecular complexity index is 443. The van der Waals surface area contributed by atoms with Crippen LogP contribution in [-0.4, -0.2) is 17.0 Å². The summed E-state index contributed by atoms with van der Waals surface area (Å²) in [5.41, 5.74) is 0.112. The molecule has 0 amide bonds. The van der Waals surface area contributed by atoms with Crippen LogP contribution in [-0.2, 0) is 14.3 Å². The van der Waals surface area contributed by atoms with Crippen LogP contribution in [0.25, 0.3) is 0 Å². The number of hydrogen-bond donors (Lipinski definition) is 1. The number of cyclic esters (lactones) is 1. The summed E-state index contributed by atoms with van der Waals surface area (Å²) in [6, 6.07) is 5.70. The van der Waals surface area contributed by atoms with Crippen LogP contribution in [0.3, 0.4) is 0 Å². The average Bonchev–Trinajstić information content (AvgIpc) is 2.61. The summed E-state index contributed by atoms with van der Waals surface area (Å²) in [7, 11) is 0. The molecule has 84 valence electrons. The molecule has 16 heavy (non-hydrogen) atoms. The van der Waals surface area contributed by atoms with Gasteiger partial charge in [-0.15, -0.1) is 0 Å². The van der Waals surface area contributed by atoms with E-state index in [4.69, 9.17) is 9.84 Å². The first-order valence-electron chi connectivity index (χ1n) is 4.76. The summed E-state index contributed by atoms with van der Waals surface area (Å²) in [5, 5.41) is 8.90. The molecule has 1 aliphatic heterocycles. The molecule has 1 aromatic rings. The van der Waals surface area contributed by atoms with Crippen LogP contribution in [0.15, 0.2) is 24.3 Å². The summed E-state index contributed by atoms with van der Waals surface area (Å²) in [5.74, 6) is -3.34. The van der Waals surface area contributed by atoms with Gasteiger partial charge in [0.1, 0.15) is 17.8 Å². The zero-order chi connectivity index (χ0) is 11.7. The predicted molar refractivity (Wildman–Crippen MR) is 51.0 cm³/mol. The lowest BCUT2D eigenvalue weighted by molar-refractivity contribution is -0.144. The van der Waals surface area contributed by atoms with Gasteiger partial charge in [0.05, 0.1) is 6.42 Å². The predicted octanol–water partition coefficient (Wildman–Crippen LogP) is 1.51. The van der Waals surface area contributed by atoms with E-state index in [0.717, 1.165) is 0 Å². The molecule has 0 spiro atoms. The summed E-state index contributed by atoms with van der Waals surface area (Å²) < 4.78 is 18.3. The quantitative estimate of drug-likeness (QED) is 0.773. The van der Waals surface area contributed by atoms with Gasteiger partial charge in [0.15, 0.2) is 0 Å². The maximum atomic E-state index is 13.4. The smallest absolute Gasteiger partial charge is 0.311 e. The number of halogens is 1. The highest BCUT2D eigenvalue weighted by Crippen LogP contribution is 2.36. The van der Waals surface area contributed by atoms with Crippen molar-refractivity contribution >= 4 is 11.9 Å². The molecule has 5 heteroatoms. The second-order valence-corrected chi connectivity index (χ2v) is 3.58. The maximum Gasteiger partial charge on any atom is 0.311 e. The van der Waals surface area contributed by atoms with E-state index in [2.05, 4.69) is 0 Å². The van der Waals surface area contributed by atoms with Crippen LogP contribution in [0.2, 0.25) is 0 Å². The van der Waals surface area contributed by atoms with Gasteiger partial charge in [-0.2, -0.15) is 0 Å². The Morgan fingerprint density at radius 3 is 2.75 bits per heavy atom. The molecular formula is C11H9FO4. The van der Waals surface area contributed by atoms with Crippen LogP contribution in [0, 0.1) is 11.7 Å². The zero-order valence-electron chi connectivity index (χ0n) is 8.22. The van der Waals surface area contributed by atoms with Crippen LogP contribution >= 0.6 is 0 Å². The van der Waals surface area contributed by atoms with Crippen molar-refractivity contribution in [2.75, 3.05) is 0 Å². The third kappa shape index (κ3) is 1.76. The Balaban J connectivity index is 2.36. The van der Waals surface area contributed by atoms with Crippen molar-refractivity contribution in [1.29, 1.82) is 0 Å². The highest BCUT2D eigenvalue weighted by atomic mass is 19.1. The zero-order valence-corrected chi connectivity index (χ0v) is 8.22. The minimum absolute atomic E-state index is 0.112. The van der Waals surface area contributed by atoms with E-state index in [1.807, 2.05) is 0 Å². The number of rotatable bonds is 2. The number of carbonyl (C=O) groups is 2. The standard InChI is InChI=1S/C11H9FO4/c12-8-4-2-1-3-6(8)10-7(11(14)15)5-9(13)16-10/h1-4,7,10H,5H2,(H,14,15). The van der Waals surface area contributed by atoms with Crippen molar-refractivity contribution in [3.05, 3.63) is 35.6 Å². The van der Waals surface area contributed by atoms with Gasteiger partial charge >= 0.3 is 11.9 Å². The lowest BCUT2D eigenvalue weighted by Crippen LogP contribution is -2.18. The molecule has 2 rings (SSSR count). The molecule has 0 aromatic heterocycles. The molecule has 4 nitrogen and oxygen atoms in total. The number of hydrogen-bond acceptors (Lipinski definition) is 3. The van der Waals surface area contributed by atoms with Crippen LogP contribution < -0.4 is 0 Å². The number of ether oxygens (including phenoxy) is 1. The van der Waals surface area contributed by atoms with Gasteiger partial charge in [-0.05, 0) is 6.07 Å². The fourth-order valence-electron chi connectivity index (χ4n) is 1.76. The Kier molecular flexibility index (Phi) is 2.60. The summed E-state index contributed by atoms with van der Waals surface area (Å²) >= 11 is 0.